The first-order valence-corrected chi connectivity index (χ1v) is 8.77. The second kappa shape index (κ2) is 6.47. The van der Waals surface area contributed by atoms with Crippen LogP contribution in [-0.2, 0) is 18.5 Å². The Balaban J connectivity index is 1.70. The van der Waals surface area contributed by atoms with Gasteiger partial charge in [-0.05, 0) is 18.4 Å². The average Bonchev–Trinajstić information content (AvgIpc) is 3.07. The van der Waals surface area contributed by atoms with Crippen LogP contribution in [0.2, 0.25) is 0 Å². The van der Waals surface area contributed by atoms with Gasteiger partial charge in [-0.15, -0.1) is 0 Å². The Bertz CT molecular complexity index is 897. The van der Waals surface area contributed by atoms with Gasteiger partial charge in [0, 0.05) is 5.92 Å². The van der Waals surface area contributed by atoms with Gasteiger partial charge in [0.15, 0.2) is 5.82 Å². The van der Waals surface area contributed by atoms with Crippen LogP contribution in [0.15, 0.2) is 43.0 Å². The molecule has 3 aromatic rings. The van der Waals surface area contributed by atoms with Gasteiger partial charge in [0.25, 0.3) is 0 Å². The fourth-order valence-corrected chi connectivity index (χ4v) is 3.42. The molecule has 0 spiro atoms. The quantitative estimate of drug-likeness (QED) is 0.662. The van der Waals surface area contributed by atoms with Gasteiger partial charge in [-0.25, -0.2) is 14.6 Å². The Morgan fingerprint density at radius 3 is 2.52 bits per heavy atom. The van der Waals surface area contributed by atoms with Crippen molar-refractivity contribution in [1.82, 2.24) is 29.5 Å². The number of hydrogen-bond acceptors (Lipinski definition) is 4. The van der Waals surface area contributed by atoms with Gasteiger partial charge >= 0.3 is 6.18 Å². The Hall–Kier alpha value is -2.71. The summed E-state index contributed by atoms with van der Waals surface area (Å²) in [6.45, 7) is 1.06. The van der Waals surface area contributed by atoms with Crippen molar-refractivity contribution in [2.75, 3.05) is 0 Å². The van der Waals surface area contributed by atoms with E-state index in [2.05, 4.69) is 20.2 Å². The van der Waals surface area contributed by atoms with Crippen molar-refractivity contribution < 1.29 is 13.2 Å². The monoisotopic (exact) mass is 376 g/mol. The summed E-state index contributed by atoms with van der Waals surface area (Å²) >= 11 is 0. The molecule has 4 rings (SSSR count). The zero-order valence-electron chi connectivity index (χ0n) is 14.8. The summed E-state index contributed by atoms with van der Waals surface area (Å²) in [5.74, 6) is 0.500. The molecule has 1 saturated carbocycles. The van der Waals surface area contributed by atoms with Crippen molar-refractivity contribution in [3.63, 3.8) is 0 Å². The predicted octanol–water partition coefficient (Wildman–Crippen LogP) is 3.32. The van der Waals surface area contributed by atoms with Gasteiger partial charge in [0.2, 0.25) is 0 Å². The highest BCUT2D eigenvalue weighted by Crippen LogP contribution is 2.52. The van der Waals surface area contributed by atoms with Crippen molar-refractivity contribution in [3.8, 4) is 0 Å². The molecule has 0 bridgehead atoms. The second-order valence-electron chi connectivity index (χ2n) is 7.03. The molecule has 1 atom stereocenters. The fourth-order valence-electron chi connectivity index (χ4n) is 3.42. The molecular formula is C18H19F3N6. The minimum Gasteiger partial charge on any atom is -0.252 e. The maximum atomic E-state index is 13.1. The normalized spacial score (nSPS) is 17.0. The van der Waals surface area contributed by atoms with E-state index in [0.29, 0.717) is 18.2 Å². The van der Waals surface area contributed by atoms with Gasteiger partial charge in [0.1, 0.15) is 25.0 Å². The third kappa shape index (κ3) is 3.58. The summed E-state index contributed by atoms with van der Waals surface area (Å²) in [5, 5.41) is 8.32. The van der Waals surface area contributed by atoms with Crippen molar-refractivity contribution >= 4 is 0 Å². The SMILES string of the molecule is C[C@H](Cn1cncn1)c1nc(C2(c3ccccc3)CC2)nn1CC(F)(F)F. The van der Waals surface area contributed by atoms with Crippen molar-refractivity contribution in [3.05, 3.63) is 60.2 Å². The molecule has 27 heavy (non-hydrogen) atoms. The molecule has 1 aliphatic carbocycles. The number of hydrogen-bond donors (Lipinski definition) is 0. The molecule has 0 aliphatic heterocycles. The van der Waals surface area contributed by atoms with E-state index in [0.717, 1.165) is 23.1 Å². The smallest absolute Gasteiger partial charge is 0.252 e. The highest BCUT2D eigenvalue weighted by molar-refractivity contribution is 5.39. The van der Waals surface area contributed by atoms with Crippen molar-refractivity contribution in [1.29, 1.82) is 0 Å². The van der Waals surface area contributed by atoms with Gasteiger partial charge < -0.3 is 0 Å². The van der Waals surface area contributed by atoms with Crippen LogP contribution >= 0.6 is 0 Å². The number of benzene rings is 1. The summed E-state index contributed by atoms with van der Waals surface area (Å²) in [5.41, 5.74) is 0.671. The molecule has 0 amide bonds. The van der Waals surface area contributed by atoms with E-state index in [1.54, 1.807) is 4.68 Å². The predicted molar refractivity (Wildman–Crippen MR) is 91.0 cm³/mol. The largest absolute Gasteiger partial charge is 0.408 e. The zero-order valence-corrected chi connectivity index (χ0v) is 14.8. The van der Waals surface area contributed by atoms with E-state index < -0.39 is 12.7 Å². The van der Waals surface area contributed by atoms with Crippen molar-refractivity contribution in [2.24, 2.45) is 0 Å². The van der Waals surface area contributed by atoms with Crippen LogP contribution < -0.4 is 0 Å². The number of rotatable bonds is 6. The number of aromatic nitrogens is 6. The van der Waals surface area contributed by atoms with E-state index in [-0.39, 0.29) is 11.3 Å². The van der Waals surface area contributed by atoms with Crippen LogP contribution in [-0.4, -0.2) is 35.7 Å². The summed E-state index contributed by atoms with van der Waals surface area (Å²) in [7, 11) is 0. The zero-order chi connectivity index (χ0) is 19.1. The number of halogens is 3. The Labute approximate surface area is 154 Å². The molecule has 1 aliphatic rings. The lowest BCUT2D eigenvalue weighted by molar-refractivity contribution is -0.143. The van der Waals surface area contributed by atoms with E-state index in [4.69, 9.17) is 0 Å². The summed E-state index contributed by atoms with van der Waals surface area (Å²) in [6.07, 6.45) is 0.242. The van der Waals surface area contributed by atoms with Gasteiger partial charge in [-0.3, -0.25) is 4.68 Å². The highest BCUT2D eigenvalue weighted by atomic mass is 19.4. The van der Waals surface area contributed by atoms with Gasteiger partial charge in [0.05, 0.1) is 12.0 Å². The lowest BCUT2D eigenvalue weighted by Crippen LogP contribution is -2.22. The molecule has 0 saturated heterocycles. The first-order valence-electron chi connectivity index (χ1n) is 8.77. The first-order chi connectivity index (χ1) is 12.9. The fraction of sp³-hybridized carbons (Fsp3) is 0.444. The number of nitrogens with zero attached hydrogens (tertiary/aromatic N) is 6. The highest BCUT2D eigenvalue weighted by Gasteiger charge is 2.50. The molecule has 0 unspecified atom stereocenters. The topological polar surface area (TPSA) is 61.4 Å². The van der Waals surface area contributed by atoms with Crippen LogP contribution in [0.4, 0.5) is 13.2 Å². The van der Waals surface area contributed by atoms with E-state index in [9.17, 15) is 13.2 Å². The molecule has 0 N–H and O–H groups in total. The second-order valence-corrected chi connectivity index (χ2v) is 7.03. The third-order valence-electron chi connectivity index (χ3n) is 4.90. The van der Waals surface area contributed by atoms with Gasteiger partial charge in [-0.2, -0.15) is 23.4 Å². The van der Waals surface area contributed by atoms with Crippen LogP contribution in [0, 0.1) is 0 Å². The maximum absolute atomic E-state index is 13.1. The molecule has 9 heteroatoms. The van der Waals surface area contributed by atoms with Crippen LogP contribution in [0.1, 0.15) is 42.9 Å². The van der Waals surface area contributed by atoms with Crippen LogP contribution in [0.25, 0.3) is 0 Å². The Kier molecular flexibility index (Phi) is 4.24. The lowest BCUT2D eigenvalue weighted by atomic mass is 9.95. The Morgan fingerprint density at radius 2 is 1.93 bits per heavy atom. The first kappa shape index (κ1) is 17.7. The summed E-state index contributed by atoms with van der Waals surface area (Å²) in [6, 6.07) is 9.74. The molecule has 1 fully saturated rings. The third-order valence-corrected chi connectivity index (χ3v) is 4.90. The molecular weight excluding hydrogens is 357 g/mol. The summed E-state index contributed by atoms with van der Waals surface area (Å²) in [4.78, 5) is 8.45. The van der Waals surface area contributed by atoms with Crippen molar-refractivity contribution in [2.45, 2.75) is 50.4 Å². The van der Waals surface area contributed by atoms with E-state index in [1.165, 1.54) is 12.7 Å². The average molecular weight is 376 g/mol. The molecule has 1 aromatic carbocycles. The Morgan fingerprint density at radius 1 is 1.19 bits per heavy atom. The van der Waals surface area contributed by atoms with E-state index >= 15 is 0 Å². The molecule has 142 valence electrons. The maximum Gasteiger partial charge on any atom is 0.408 e. The standard InChI is InChI=1S/C18H19F3N6/c1-13(9-26-12-22-11-23-26)15-24-16(25-27(15)10-18(19,20)21)17(7-8-17)14-5-3-2-4-6-14/h2-6,11-13H,7-10H2,1H3/t13-/m1/s1. The van der Waals surface area contributed by atoms with Crippen LogP contribution in [0.5, 0.6) is 0 Å². The molecule has 0 radical (unpaired) electrons. The number of alkyl halides is 3. The molecule has 2 aromatic heterocycles. The van der Waals surface area contributed by atoms with E-state index in [1.807, 2.05) is 37.3 Å². The lowest BCUT2D eigenvalue weighted by Gasteiger charge is -2.13. The van der Waals surface area contributed by atoms with Crippen LogP contribution in [0.3, 0.4) is 0 Å². The molecule has 6 nitrogen and oxygen atoms in total. The molecule has 2 heterocycles. The minimum absolute atomic E-state index is 0.290. The summed E-state index contributed by atoms with van der Waals surface area (Å²) < 4.78 is 41.9. The minimum atomic E-state index is -4.36. The van der Waals surface area contributed by atoms with Gasteiger partial charge in [-0.1, -0.05) is 37.3 Å².